The maximum atomic E-state index is 6.18. The van der Waals surface area contributed by atoms with Gasteiger partial charge in [0.2, 0.25) is 5.88 Å². The van der Waals surface area contributed by atoms with Crippen LogP contribution in [0.1, 0.15) is 39.8 Å². The number of nitrogens with zero attached hydrogens (tertiary/aromatic N) is 2. The lowest BCUT2D eigenvalue weighted by atomic mass is 9.78. The molecule has 6 nitrogen and oxygen atoms in total. The van der Waals surface area contributed by atoms with Crippen molar-refractivity contribution < 1.29 is 18.6 Å². The molecule has 0 bridgehead atoms. The molecule has 1 unspecified atom stereocenters. The molecule has 122 valence electrons. The standard InChI is InChI=1S/C13H21BIN2O4P/c1-12(2)13(3,4)21-14(20-12)10-9(8-19-22-15)16-17-6-5-7-18-11(10)17/h22H,5-8H2,1-4H3. The summed E-state index contributed by atoms with van der Waals surface area (Å²) in [6.45, 7) is 10.6. The topological polar surface area (TPSA) is 54.7 Å². The van der Waals surface area contributed by atoms with Crippen molar-refractivity contribution >= 4 is 41.1 Å². The Balaban J connectivity index is 1.97. The van der Waals surface area contributed by atoms with Gasteiger partial charge in [0.1, 0.15) is 0 Å². The van der Waals surface area contributed by atoms with Crippen molar-refractivity contribution in [2.24, 2.45) is 0 Å². The third-order valence-corrected chi connectivity index (χ3v) is 5.71. The van der Waals surface area contributed by atoms with E-state index in [2.05, 4.69) is 27.1 Å². The molecule has 3 rings (SSSR count). The molecular weight excluding hydrogens is 417 g/mol. The number of fused-ring (bicyclic) bond motifs is 1. The van der Waals surface area contributed by atoms with Gasteiger partial charge in [0.05, 0.1) is 42.0 Å². The molecule has 3 heterocycles. The lowest BCUT2D eigenvalue weighted by Gasteiger charge is -2.32. The van der Waals surface area contributed by atoms with Gasteiger partial charge in [-0.2, -0.15) is 5.10 Å². The van der Waals surface area contributed by atoms with E-state index >= 15 is 0 Å². The SMILES string of the molecule is CC1(C)OB(c2c(COPI)nn3c2OCCC3)OC1(C)C. The Morgan fingerprint density at radius 1 is 1.32 bits per heavy atom. The van der Waals surface area contributed by atoms with Crippen LogP contribution in [0.15, 0.2) is 0 Å². The Labute approximate surface area is 146 Å². The van der Waals surface area contributed by atoms with E-state index in [0.29, 0.717) is 19.7 Å². The first-order chi connectivity index (χ1) is 10.4. The van der Waals surface area contributed by atoms with Gasteiger partial charge in [0.25, 0.3) is 0 Å². The van der Waals surface area contributed by atoms with Crippen LogP contribution < -0.4 is 10.2 Å². The molecule has 0 aromatic carbocycles. The molecule has 0 aliphatic carbocycles. The van der Waals surface area contributed by atoms with Crippen molar-refractivity contribution in [3.05, 3.63) is 5.69 Å². The van der Waals surface area contributed by atoms with Crippen molar-refractivity contribution in [2.75, 3.05) is 6.61 Å². The number of aromatic nitrogens is 2. The molecule has 1 aromatic rings. The van der Waals surface area contributed by atoms with Crippen molar-refractivity contribution in [1.29, 1.82) is 0 Å². The van der Waals surface area contributed by atoms with Gasteiger partial charge in [0, 0.05) is 13.0 Å². The number of aryl methyl sites for hydroxylation is 1. The summed E-state index contributed by atoms with van der Waals surface area (Å²) in [6, 6.07) is 0. The van der Waals surface area contributed by atoms with Crippen LogP contribution in [-0.4, -0.2) is 34.7 Å². The molecule has 0 radical (unpaired) electrons. The van der Waals surface area contributed by atoms with E-state index in [1.54, 1.807) is 0 Å². The molecule has 0 saturated carbocycles. The highest BCUT2D eigenvalue weighted by Crippen LogP contribution is 2.38. The average Bonchev–Trinajstić information content (AvgIpc) is 2.91. The number of rotatable bonds is 4. The first-order valence-corrected chi connectivity index (χ1v) is 11.4. The maximum Gasteiger partial charge on any atom is 0.502 e. The molecule has 22 heavy (non-hydrogen) atoms. The van der Waals surface area contributed by atoms with Crippen LogP contribution in [0.2, 0.25) is 0 Å². The quantitative estimate of drug-likeness (QED) is 0.411. The fraction of sp³-hybridized carbons (Fsp3) is 0.769. The zero-order chi connectivity index (χ0) is 16.0. The Kier molecular flexibility index (Phi) is 4.78. The van der Waals surface area contributed by atoms with Gasteiger partial charge >= 0.3 is 7.12 Å². The maximum absolute atomic E-state index is 6.18. The van der Waals surface area contributed by atoms with E-state index in [1.165, 1.54) is 0 Å². The lowest BCUT2D eigenvalue weighted by Crippen LogP contribution is -2.41. The summed E-state index contributed by atoms with van der Waals surface area (Å²) < 4.78 is 25.7. The third kappa shape index (κ3) is 2.93. The molecule has 1 saturated heterocycles. The van der Waals surface area contributed by atoms with Crippen molar-refractivity contribution in [3.8, 4) is 5.88 Å². The van der Waals surface area contributed by atoms with Crippen LogP contribution >= 0.6 is 28.5 Å². The number of ether oxygens (including phenoxy) is 1. The summed E-state index contributed by atoms with van der Waals surface area (Å²) >= 11 is 2.21. The Morgan fingerprint density at radius 2 is 2.00 bits per heavy atom. The zero-order valence-corrected chi connectivity index (χ0v) is 16.5. The van der Waals surface area contributed by atoms with Gasteiger partial charge in [0.15, 0.2) is 0 Å². The summed E-state index contributed by atoms with van der Waals surface area (Å²) in [6.07, 6.45) is 0.964. The highest BCUT2D eigenvalue weighted by molar-refractivity contribution is 14.2. The minimum atomic E-state index is -0.469. The molecule has 1 aromatic heterocycles. The summed E-state index contributed by atoms with van der Waals surface area (Å²) in [7, 11) is -0.469. The van der Waals surface area contributed by atoms with Crippen LogP contribution in [0.3, 0.4) is 0 Å². The molecule has 2 aliphatic rings. The van der Waals surface area contributed by atoms with E-state index in [0.717, 1.165) is 30.0 Å². The van der Waals surface area contributed by atoms with Crippen molar-refractivity contribution in [2.45, 2.75) is 58.5 Å². The van der Waals surface area contributed by atoms with Gasteiger partial charge in [-0.15, -0.1) is 0 Å². The minimum absolute atomic E-state index is 0.385. The number of hydrogen-bond acceptors (Lipinski definition) is 5. The van der Waals surface area contributed by atoms with Gasteiger partial charge in [-0.1, -0.05) is 0 Å². The van der Waals surface area contributed by atoms with E-state index in [-0.39, 0.29) is 11.2 Å². The summed E-state index contributed by atoms with van der Waals surface area (Å²) in [5.74, 6) is 0.764. The van der Waals surface area contributed by atoms with Gasteiger partial charge in [-0.05, 0) is 49.7 Å². The molecule has 0 amide bonds. The number of halogens is 1. The molecule has 2 aliphatic heterocycles. The first kappa shape index (κ1) is 17.0. The van der Waals surface area contributed by atoms with Crippen LogP contribution in [0, 0.1) is 0 Å². The molecule has 1 fully saturated rings. The third-order valence-electron chi connectivity index (χ3n) is 4.52. The summed E-state index contributed by atoms with van der Waals surface area (Å²) in [5.41, 5.74) is 0.960. The second-order valence-electron chi connectivity index (χ2n) is 6.54. The van der Waals surface area contributed by atoms with E-state index in [4.69, 9.17) is 18.6 Å². The second kappa shape index (κ2) is 6.20. The Bertz CT molecular complexity index is 550. The zero-order valence-electron chi connectivity index (χ0n) is 13.3. The van der Waals surface area contributed by atoms with Gasteiger partial charge in [-0.3, -0.25) is 0 Å². The highest BCUT2D eigenvalue weighted by Gasteiger charge is 2.54. The van der Waals surface area contributed by atoms with E-state index < -0.39 is 7.12 Å². The second-order valence-corrected chi connectivity index (χ2v) is 8.31. The fourth-order valence-electron chi connectivity index (χ4n) is 2.59. The van der Waals surface area contributed by atoms with E-state index in [9.17, 15) is 0 Å². The predicted octanol–water partition coefficient (Wildman–Crippen LogP) is 2.42. The average molecular weight is 438 g/mol. The smallest absolute Gasteiger partial charge is 0.478 e. The van der Waals surface area contributed by atoms with Crippen molar-refractivity contribution in [3.63, 3.8) is 0 Å². The number of hydrogen-bond donors (Lipinski definition) is 0. The van der Waals surface area contributed by atoms with Crippen LogP contribution in [-0.2, 0) is 27.0 Å². The molecule has 0 N–H and O–H groups in total. The normalized spacial score (nSPS) is 23.0. The largest absolute Gasteiger partial charge is 0.502 e. The Hall–Kier alpha value is 0.115. The fourth-order valence-corrected chi connectivity index (χ4v) is 3.25. The highest BCUT2D eigenvalue weighted by atomic mass is 127. The molecule has 0 spiro atoms. The Morgan fingerprint density at radius 3 is 2.64 bits per heavy atom. The van der Waals surface area contributed by atoms with Crippen LogP contribution in [0.25, 0.3) is 0 Å². The first-order valence-electron chi connectivity index (χ1n) is 7.41. The van der Waals surface area contributed by atoms with Gasteiger partial charge < -0.3 is 18.6 Å². The summed E-state index contributed by atoms with van der Waals surface area (Å²) in [5, 5.41) is 4.64. The van der Waals surface area contributed by atoms with Crippen molar-refractivity contribution in [1.82, 2.24) is 9.78 Å². The van der Waals surface area contributed by atoms with Crippen LogP contribution in [0.4, 0.5) is 0 Å². The molecular formula is C13H21BIN2O4P. The molecule has 9 heteroatoms. The monoisotopic (exact) mass is 438 g/mol. The van der Waals surface area contributed by atoms with Gasteiger partial charge in [-0.25, -0.2) is 4.68 Å². The lowest BCUT2D eigenvalue weighted by molar-refractivity contribution is 0.00578. The molecule has 1 atom stereocenters. The van der Waals surface area contributed by atoms with E-state index in [1.807, 2.05) is 32.4 Å². The minimum Gasteiger partial charge on any atom is -0.478 e. The van der Waals surface area contributed by atoms with Crippen LogP contribution in [0.5, 0.6) is 5.88 Å². The summed E-state index contributed by atoms with van der Waals surface area (Å²) in [4.78, 5) is 0. The predicted molar refractivity (Wildman–Crippen MR) is 95.2 cm³/mol.